The maximum Gasteiger partial charge on any atom is 0.408 e. The van der Waals surface area contributed by atoms with Gasteiger partial charge in [-0.15, -0.1) is 0 Å². The molecular formula is C26H45N3O5. The molecule has 3 aliphatic rings. The van der Waals surface area contributed by atoms with Crippen LogP contribution in [0.15, 0.2) is 0 Å². The first-order chi connectivity index (χ1) is 16.0. The summed E-state index contributed by atoms with van der Waals surface area (Å²) in [5.41, 5.74) is -0.658. The van der Waals surface area contributed by atoms with Gasteiger partial charge in [-0.25, -0.2) is 4.79 Å². The van der Waals surface area contributed by atoms with Gasteiger partial charge in [0.15, 0.2) is 0 Å². The van der Waals surface area contributed by atoms with E-state index in [9.17, 15) is 19.5 Å². The van der Waals surface area contributed by atoms with Crippen molar-refractivity contribution in [2.45, 2.75) is 116 Å². The number of piperidine rings is 1. The summed E-state index contributed by atoms with van der Waals surface area (Å²) in [6, 6.07) is -1.58. The fourth-order valence-electron chi connectivity index (χ4n) is 5.84. The molecule has 0 spiro atoms. The third kappa shape index (κ3) is 6.43. The molecule has 0 aromatic heterocycles. The molecule has 3 fully saturated rings. The van der Waals surface area contributed by atoms with Gasteiger partial charge >= 0.3 is 6.09 Å². The SMILES string of the molecule is CC(C)(C)OC(=O)N[C@H]1CCCCCCCCC[C@@H](CO)NC(=O)[C@@H]2[C@@H]3[C@H](CN2C1=O)C3(C)C. The molecule has 2 heterocycles. The first-order valence-corrected chi connectivity index (χ1v) is 13.2. The zero-order chi connectivity index (χ0) is 25.1. The van der Waals surface area contributed by atoms with E-state index in [4.69, 9.17) is 4.74 Å². The summed E-state index contributed by atoms with van der Waals surface area (Å²) in [5.74, 6) is -0.0314. The number of nitrogens with zero attached hydrogens (tertiary/aromatic N) is 1. The lowest BCUT2D eigenvalue weighted by atomic mass is 9.97. The van der Waals surface area contributed by atoms with E-state index >= 15 is 0 Å². The Bertz CT molecular complexity index is 747. The second-order valence-electron chi connectivity index (χ2n) is 12.0. The van der Waals surface area contributed by atoms with Crippen LogP contribution in [0, 0.1) is 17.3 Å². The van der Waals surface area contributed by atoms with Crippen LogP contribution in [0.5, 0.6) is 0 Å². The van der Waals surface area contributed by atoms with Crippen molar-refractivity contribution in [3.63, 3.8) is 0 Å². The molecule has 0 unspecified atom stereocenters. The van der Waals surface area contributed by atoms with Crippen molar-refractivity contribution < 1.29 is 24.2 Å². The number of ether oxygens (including phenoxy) is 1. The lowest BCUT2D eigenvalue weighted by Gasteiger charge is -2.34. The van der Waals surface area contributed by atoms with Gasteiger partial charge in [-0.3, -0.25) is 9.59 Å². The van der Waals surface area contributed by atoms with Crippen molar-refractivity contribution in [1.29, 1.82) is 0 Å². The molecule has 0 aromatic carbocycles. The summed E-state index contributed by atoms with van der Waals surface area (Å²) >= 11 is 0. The van der Waals surface area contributed by atoms with E-state index in [2.05, 4.69) is 24.5 Å². The Morgan fingerprint density at radius 2 is 1.68 bits per heavy atom. The van der Waals surface area contributed by atoms with E-state index in [-0.39, 0.29) is 41.7 Å². The van der Waals surface area contributed by atoms with Gasteiger partial charge in [0.25, 0.3) is 0 Å². The van der Waals surface area contributed by atoms with E-state index in [1.54, 1.807) is 25.7 Å². The third-order valence-corrected chi connectivity index (χ3v) is 7.86. The lowest BCUT2D eigenvalue weighted by Crippen LogP contribution is -2.57. The molecule has 194 valence electrons. The van der Waals surface area contributed by atoms with Crippen molar-refractivity contribution in [2.24, 2.45) is 17.3 Å². The van der Waals surface area contributed by atoms with Gasteiger partial charge in [0.1, 0.15) is 17.7 Å². The Morgan fingerprint density at radius 1 is 1.09 bits per heavy atom. The third-order valence-electron chi connectivity index (χ3n) is 7.86. The number of carbonyl (C=O) groups excluding carboxylic acids is 3. The smallest absolute Gasteiger partial charge is 0.408 e. The van der Waals surface area contributed by atoms with Crippen molar-refractivity contribution in [2.75, 3.05) is 13.2 Å². The first kappa shape index (κ1) is 26.8. The van der Waals surface area contributed by atoms with Crippen LogP contribution in [0.3, 0.4) is 0 Å². The summed E-state index contributed by atoms with van der Waals surface area (Å²) in [5, 5.41) is 15.7. The fourth-order valence-corrected chi connectivity index (χ4v) is 5.84. The van der Waals surface area contributed by atoms with Crippen LogP contribution in [-0.2, 0) is 14.3 Å². The van der Waals surface area contributed by atoms with Crippen LogP contribution in [-0.4, -0.2) is 64.8 Å². The predicted octanol–water partition coefficient (Wildman–Crippen LogP) is 3.36. The molecule has 0 bridgehead atoms. The van der Waals surface area contributed by atoms with E-state index in [0.29, 0.717) is 13.0 Å². The Balaban J connectivity index is 1.81. The lowest BCUT2D eigenvalue weighted by molar-refractivity contribution is -0.142. The van der Waals surface area contributed by atoms with E-state index < -0.39 is 23.8 Å². The number of aliphatic hydroxyl groups excluding tert-OH is 1. The second kappa shape index (κ2) is 10.8. The molecule has 1 aliphatic carbocycles. The van der Waals surface area contributed by atoms with Crippen LogP contribution >= 0.6 is 0 Å². The minimum Gasteiger partial charge on any atom is -0.444 e. The van der Waals surface area contributed by atoms with Crippen LogP contribution in [0.25, 0.3) is 0 Å². The monoisotopic (exact) mass is 479 g/mol. The summed E-state index contributed by atoms with van der Waals surface area (Å²) in [6.07, 6.45) is 7.90. The van der Waals surface area contributed by atoms with E-state index in [0.717, 1.165) is 51.4 Å². The van der Waals surface area contributed by atoms with E-state index in [1.807, 2.05) is 0 Å². The molecule has 5 atom stereocenters. The van der Waals surface area contributed by atoms with Crippen LogP contribution in [0.4, 0.5) is 4.79 Å². The van der Waals surface area contributed by atoms with Gasteiger partial charge in [0, 0.05) is 6.54 Å². The molecule has 0 aromatic rings. The second-order valence-corrected chi connectivity index (χ2v) is 12.0. The molecule has 8 nitrogen and oxygen atoms in total. The number of hydrogen-bond acceptors (Lipinski definition) is 5. The quantitative estimate of drug-likeness (QED) is 0.563. The Hall–Kier alpha value is -1.83. The number of aliphatic hydroxyl groups is 1. The maximum atomic E-state index is 13.7. The number of hydrogen-bond donors (Lipinski definition) is 3. The van der Waals surface area contributed by atoms with Gasteiger partial charge in [0.05, 0.1) is 12.6 Å². The number of carbonyl (C=O) groups is 3. The average molecular weight is 480 g/mol. The molecule has 0 radical (unpaired) electrons. The molecule has 3 amide bonds. The zero-order valence-corrected chi connectivity index (χ0v) is 21.7. The Labute approximate surface area is 204 Å². The molecule has 34 heavy (non-hydrogen) atoms. The molecule has 3 rings (SSSR count). The minimum absolute atomic E-state index is 0.00240. The molecule has 8 heteroatoms. The average Bonchev–Trinajstić information content (AvgIpc) is 3.08. The number of alkyl carbamates (subject to hydrolysis) is 1. The summed E-state index contributed by atoms with van der Waals surface area (Å²) in [7, 11) is 0. The highest BCUT2D eigenvalue weighted by molar-refractivity contribution is 5.93. The first-order valence-electron chi connectivity index (χ1n) is 13.2. The van der Waals surface area contributed by atoms with Crippen LogP contribution < -0.4 is 10.6 Å². The largest absolute Gasteiger partial charge is 0.444 e. The van der Waals surface area contributed by atoms with Gasteiger partial charge in [-0.2, -0.15) is 0 Å². The minimum atomic E-state index is -0.715. The van der Waals surface area contributed by atoms with Crippen LogP contribution in [0.2, 0.25) is 0 Å². The topological polar surface area (TPSA) is 108 Å². The number of amides is 3. The van der Waals surface area contributed by atoms with Gasteiger partial charge in [-0.05, 0) is 50.9 Å². The van der Waals surface area contributed by atoms with E-state index in [1.165, 1.54) is 0 Å². The normalized spacial score (nSPS) is 32.9. The number of fused-ring (bicyclic) bond motifs is 3. The molecule has 1 saturated carbocycles. The molecule has 2 saturated heterocycles. The van der Waals surface area contributed by atoms with Gasteiger partial charge in [-0.1, -0.05) is 58.8 Å². The standard InChI is InChI=1S/C26H45N3O5/c1-25(2,3)34-24(33)28-19-14-12-10-8-6-7-9-11-13-17(16-30)27-22(31)21-20-18(26(20,4)5)15-29(21)23(19)32/h17-21,30H,6-16H2,1-5H3,(H,27,31)(H,28,33)/t17-,18-,19-,20-,21-/m0/s1. The predicted molar refractivity (Wildman–Crippen MR) is 130 cm³/mol. The molecular weight excluding hydrogens is 434 g/mol. The molecule has 2 aliphatic heterocycles. The van der Waals surface area contributed by atoms with Crippen molar-refractivity contribution in [3.05, 3.63) is 0 Å². The highest BCUT2D eigenvalue weighted by Gasteiger charge is 2.69. The zero-order valence-electron chi connectivity index (χ0n) is 21.7. The fraction of sp³-hybridized carbons (Fsp3) is 0.885. The number of rotatable bonds is 2. The van der Waals surface area contributed by atoms with Crippen LogP contribution in [0.1, 0.15) is 92.4 Å². The highest BCUT2D eigenvalue weighted by atomic mass is 16.6. The Morgan fingerprint density at radius 3 is 2.26 bits per heavy atom. The summed E-state index contributed by atoms with van der Waals surface area (Å²) in [6.45, 7) is 10.1. The van der Waals surface area contributed by atoms with Crippen molar-refractivity contribution in [1.82, 2.24) is 15.5 Å². The van der Waals surface area contributed by atoms with Crippen molar-refractivity contribution >= 4 is 17.9 Å². The summed E-state index contributed by atoms with van der Waals surface area (Å²) in [4.78, 5) is 41.4. The molecule has 3 N–H and O–H groups in total. The maximum absolute atomic E-state index is 13.7. The van der Waals surface area contributed by atoms with Gasteiger partial charge in [0.2, 0.25) is 11.8 Å². The van der Waals surface area contributed by atoms with Gasteiger partial charge < -0.3 is 25.4 Å². The summed E-state index contributed by atoms with van der Waals surface area (Å²) < 4.78 is 5.42. The Kier molecular flexibility index (Phi) is 8.53. The highest BCUT2D eigenvalue weighted by Crippen LogP contribution is 2.64. The number of nitrogens with one attached hydrogen (secondary N) is 2. The van der Waals surface area contributed by atoms with Crippen molar-refractivity contribution in [3.8, 4) is 0 Å².